The van der Waals surface area contributed by atoms with Crippen LogP contribution < -0.4 is 15.4 Å². The summed E-state index contributed by atoms with van der Waals surface area (Å²) in [6, 6.07) is 14.3. The van der Waals surface area contributed by atoms with Gasteiger partial charge in [-0.1, -0.05) is 24.3 Å². The number of hydrogen-bond acceptors (Lipinski definition) is 6. The molecule has 10 heteroatoms. The van der Waals surface area contributed by atoms with Gasteiger partial charge in [-0.15, -0.1) is 11.8 Å². The molecule has 3 N–H and O–H groups in total. The number of thioether (sulfide) groups is 1. The highest BCUT2D eigenvalue weighted by atomic mass is 32.2. The van der Waals surface area contributed by atoms with Crippen LogP contribution in [-0.4, -0.2) is 44.8 Å². The fourth-order valence-electron chi connectivity index (χ4n) is 5.03. The summed E-state index contributed by atoms with van der Waals surface area (Å²) in [7, 11) is 0. The quantitative estimate of drug-likeness (QED) is 0.323. The first-order valence-electron chi connectivity index (χ1n) is 12.7. The Morgan fingerprint density at radius 2 is 1.76 bits per heavy atom. The number of aromatic nitrogens is 3. The number of H-pyrrole nitrogens is 1. The Balaban J connectivity index is 1.07. The number of pyridine rings is 1. The van der Waals surface area contributed by atoms with Gasteiger partial charge in [-0.05, 0) is 61.9 Å². The zero-order chi connectivity index (χ0) is 26.1. The van der Waals surface area contributed by atoms with E-state index in [1.807, 2.05) is 42.5 Å². The second kappa shape index (κ2) is 10.4. The van der Waals surface area contributed by atoms with Gasteiger partial charge >= 0.3 is 0 Å². The van der Waals surface area contributed by atoms with Crippen LogP contribution in [0, 0.1) is 5.82 Å². The Bertz CT molecular complexity index is 1520. The third-order valence-electron chi connectivity index (χ3n) is 7.03. The van der Waals surface area contributed by atoms with Crippen molar-refractivity contribution in [3.05, 3.63) is 77.4 Å². The van der Waals surface area contributed by atoms with Crippen molar-refractivity contribution in [2.45, 2.75) is 49.1 Å². The average molecular weight is 532 g/mol. The minimum Gasteiger partial charge on any atom is -0.438 e. The largest absolute Gasteiger partial charge is 0.438 e. The maximum absolute atomic E-state index is 14.0. The number of halogens is 1. The molecule has 3 heterocycles. The van der Waals surface area contributed by atoms with Gasteiger partial charge in [0.05, 0.1) is 11.7 Å². The minimum absolute atomic E-state index is 0.0153. The molecular weight excluding hydrogens is 505 g/mol. The van der Waals surface area contributed by atoms with Gasteiger partial charge < -0.3 is 15.4 Å². The molecule has 0 atom stereocenters. The Morgan fingerprint density at radius 1 is 1.00 bits per heavy atom. The number of aryl methyl sites for hydroxylation is 1. The molecule has 0 radical (unpaired) electrons. The maximum atomic E-state index is 14.0. The normalized spacial score (nSPS) is 18.7. The zero-order valence-corrected chi connectivity index (χ0v) is 21.3. The third kappa shape index (κ3) is 5.08. The summed E-state index contributed by atoms with van der Waals surface area (Å²) in [5.41, 5.74) is 2.52. The molecule has 1 saturated carbocycles. The number of fused-ring (bicyclic) bond motifs is 2. The third-order valence-corrected chi connectivity index (χ3v) is 8.13. The Kier molecular flexibility index (Phi) is 6.71. The molecule has 1 aliphatic carbocycles. The Hall–Kier alpha value is -3.92. The number of carbonyl (C=O) groups is 2. The highest BCUT2D eigenvalue weighted by Gasteiger charge is 2.27. The first kappa shape index (κ1) is 24.4. The molecule has 2 amide bonds. The molecule has 0 unspecified atom stereocenters. The number of rotatable bonds is 6. The second-order valence-electron chi connectivity index (χ2n) is 9.59. The van der Waals surface area contributed by atoms with Crippen LogP contribution in [0.2, 0.25) is 0 Å². The fraction of sp³-hybridized carbons (Fsp3) is 0.286. The lowest BCUT2D eigenvalue weighted by Gasteiger charge is -2.29. The van der Waals surface area contributed by atoms with Crippen molar-refractivity contribution in [1.82, 2.24) is 25.8 Å². The first-order valence-corrected chi connectivity index (χ1v) is 13.7. The molecule has 1 aliphatic heterocycles. The van der Waals surface area contributed by atoms with Crippen LogP contribution in [0.1, 0.15) is 52.1 Å². The van der Waals surface area contributed by atoms with Gasteiger partial charge in [-0.3, -0.25) is 14.7 Å². The lowest BCUT2D eigenvalue weighted by Crippen LogP contribution is -2.44. The van der Waals surface area contributed by atoms with Gasteiger partial charge in [0.2, 0.25) is 5.88 Å². The average Bonchev–Trinajstić information content (AvgIpc) is 3.57. The number of carbonyl (C=O) groups excluding carboxylic acids is 2. The van der Waals surface area contributed by atoms with E-state index < -0.39 is 11.7 Å². The van der Waals surface area contributed by atoms with Crippen LogP contribution in [0.15, 0.2) is 59.6 Å². The van der Waals surface area contributed by atoms with Gasteiger partial charge in [0.25, 0.3) is 11.8 Å². The second-order valence-corrected chi connectivity index (χ2v) is 10.7. The molecule has 194 valence electrons. The van der Waals surface area contributed by atoms with Crippen molar-refractivity contribution >= 4 is 34.5 Å². The molecule has 38 heavy (non-hydrogen) atoms. The van der Waals surface area contributed by atoms with Crippen LogP contribution in [-0.2, 0) is 6.42 Å². The van der Waals surface area contributed by atoms with Crippen molar-refractivity contribution in [3.63, 3.8) is 0 Å². The van der Waals surface area contributed by atoms with Crippen molar-refractivity contribution < 1.29 is 18.7 Å². The van der Waals surface area contributed by atoms with Gasteiger partial charge in [-0.2, -0.15) is 5.10 Å². The van der Waals surface area contributed by atoms with E-state index in [9.17, 15) is 14.0 Å². The number of benzene rings is 2. The van der Waals surface area contributed by atoms with Crippen LogP contribution in [0.4, 0.5) is 4.39 Å². The van der Waals surface area contributed by atoms with Gasteiger partial charge in [0, 0.05) is 28.1 Å². The van der Waals surface area contributed by atoms with Crippen LogP contribution in [0.3, 0.4) is 0 Å². The number of nitrogens with zero attached hydrogens (tertiary/aromatic N) is 2. The summed E-state index contributed by atoms with van der Waals surface area (Å²) in [5.74, 6) is 0.411. The minimum atomic E-state index is -0.607. The number of nitrogens with one attached hydrogen (secondary N) is 3. The number of ether oxygens (including phenoxy) is 1. The molecule has 2 aromatic heterocycles. The van der Waals surface area contributed by atoms with E-state index in [2.05, 4.69) is 25.8 Å². The van der Waals surface area contributed by atoms with E-state index >= 15 is 0 Å². The van der Waals surface area contributed by atoms with E-state index in [0.717, 1.165) is 40.2 Å². The summed E-state index contributed by atoms with van der Waals surface area (Å²) < 4.78 is 20.0. The van der Waals surface area contributed by atoms with Gasteiger partial charge in [0.15, 0.2) is 5.69 Å². The Morgan fingerprint density at radius 3 is 2.58 bits per heavy atom. The molecule has 0 saturated heterocycles. The van der Waals surface area contributed by atoms with Gasteiger partial charge in [0.1, 0.15) is 17.1 Å². The van der Waals surface area contributed by atoms with Crippen LogP contribution >= 0.6 is 11.8 Å². The van der Waals surface area contributed by atoms with E-state index in [-0.39, 0.29) is 29.4 Å². The summed E-state index contributed by atoms with van der Waals surface area (Å²) in [6.45, 7) is 0. The summed E-state index contributed by atoms with van der Waals surface area (Å²) in [5, 5.41) is 13.9. The van der Waals surface area contributed by atoms with Gasteiger partial charge in [-0.25, -0.2) is 9.37 Å². The number of aromatic amines is 1. The molecular formula is C28H26FN5O3S. The van der Waals surface area contributed by atoms with Crippen LogP contribution in [0.25, 0.3) is 10.9 Å². The topological polar surface area (TPSA) is 109 Å². The first-order chi connectivity index (χ1) is 18.5. The predicted octanol–water partition coefficient (Wildman–Crippen LogP) is 5.01. The predicted molar refractivity (Wildman–Crippen MR) is 142 cm³/mol. The lowest BCUT2D eigenvalue weighted by atomic mass is 9.91. The molecule has 2 aliphatic rings. The number of para-hydroxylation sites is 1. The molecule has 8 nitrogen and oxygen atoms in total. The van der Waals surface area contributed by atoms with Crippen molar-refractivity contribution in [2.75, 3.05) is 5.75 Å². The molecule has 0 bridgehead atoms. The lowest BCUT2D eigenvalue weighted by molar-refractivity contribution is 0.0888. The molecule has 1 fully saturated rings. The van der Waals surface area contributed by atoms with E-state index in [1.165, 1.54) is 5.56 Å². The Labute approximate surface area is 222 Å². The number of amides is 2. The fourth-order valence-corrected chi connectivity index (χ4v) is 6.12. The number of hydrogen-bond donors (Lipinski definition) is 3. The SMILES string of the molecule is O=C(N[C@H]1CC[C@@H](NC(=O)c2n[nH]c3ccccc23)CC1)c1cc(F)cnc1Oc1ccc2c(c1)SCC2. The maximum Gasteiger partial charge on any atom is 0.272 e. The molecule has 2 aromatic carbocycles. The molecule has 0 spiro atoms. The smallest absolute Gasteiger partial charge is 0.272 e. The standard InChI is InChI=1S/C28H26FN5O3S/c29-17-13-22(28(30-15-17)37-20-10-5-16-11-12-38-24(16)14-20)26(35)31-18-6-8-19(9-7-18)32-27(36)25-21-3-1-2-4-23(21)33-34-25/h1-5,10,13-15,18-19H,6-9,11-12H2,(H,31,35)(H,32,36)(H,33,34)/t18-,19+. The van der Waals surface area contributed by atoms with Crippen molar-refractivity contribution in [3.8, 4) is 11.6 Å². The van der Waals surface area contributed by atoms with Crippen LogP contribution in [0.5, 0.6) is 11.6 Å². The van der Waals surface area contributed by atoms with E-state index in [4.69, 9.17) is 4.74 Å². The van der Waals surface area contributed by atoms with Crippen molar-refractivity contribution in [2.24, 2.45) is 0 Å². The highest BCUT2D eigenvalue weighted by Crippen LogP contribution is 2.35. The van der Waals surface area contributed by atoms with Crippen molar-refractivity contribution in [1.29, 1.82) is 0 Å². The summed E-state index contributed by atoms with van der Waals surface area (Å²) >= 11 is 1.76. The highest BCUT2D eigenvalue weighted by molar-refractivity contribution is 7.99. The molecule has 6 rings (SSSR count). The zero-order valence-electron chi connectivity index (χ0n) is 20.5. The monoisotopic (exact) mass is 531 g/mol. The summed E-state index contributed by atoms with van der Waals surface area (Å²) in [4.78, 5) is 31.1. The van der Waals surface area contributed by atoms with E-state index in [0.29, 0.717) is 37.1 Å². The summed E-state index contributed by atoms with van der Waals surface area (Å²) in [6.07, 6.45) is 4.84. The molecule has 4 aromatic rings. The van der Waals surface area contributed by atoms with E-state index in [1.54, 1.807) is 11.8 Å².